The predicted octanol–water partition coefficient (Wildman–Crippen LogP) is 3.09. The van der Waals surface area contributed by atoms with E-state index in [1.807, 2.05) is 0 Å². The Bertz CT molecular complexity index is 584. The summed E-state index contributed by atoms with van der Waals surface area (Å²) < 4.78 is 13.0. The topological polar surface area (TPSA) is 23.6 Å². The van der Waals surface area contributed by atoms with Gasteiger partial charge in [0.1, 0.15) is 5.82 Å². The lowest BCUT2D eigenvalue weighted by atomic mass is 9.83. The van der Waals surface area contributed by atoms with Crippen molar-refractivity contribution < 1.29 is 9.18 Å². The van der Waals surface area contributed by atoms with E-state index in [1.165, 1.54) is 57.3 Å². The SMILES string of the molecule is O=C(Cc1ccc(F)cc1)N1C[C@H]2CC[C@@H](C1)N(CC1CCC1)C2. The van der Waals surface area contributed by atoms with Crippen molar-refractivity contribution in [2.24, 2.45) is 11.8 Å². The van der Waals surface area contributed by atoms with Gasteiger partial charge in [-0.1, -0.05) is 18.6 Å². The maximum atomic E-state index is 13.0. The smallest absolute Gasteiger partial charge is 0.227 e. The van der Waals surface area contributed by atoms with Crippen LogP contribution in [-0.2, 0) is 11.2 Å². The summed E-state index contributed by atoms with van der Waals surface area (Å²) in [6.07, 6.45) is 7.06. The van der Waals surface area contributed by atoms with Crippen molar-refractivity contribution in [3.63, 3.8) is 0 Å². The second kappa shape index (κ2) is 6.83. The van der Waals surface area contributed by atoms with Gasteiger partial charge in [-0.05, 0) is 55.2 Å². The number of benzene rings is 1. The Morgan fingerprint density at radius 3 is 2.54 bits per heavy atom. The number of hydrogen-bond acceptors (Lipinski definition) is 2. The Balaban J connectivity index is 1.39. The second-order valence-corrected chi connectivity index (χ2v) is 7.95. The number of carbonyl (C=O) groups is 1. The van der Waals surface area contributed by atoms with Crippen LogP contribution in [0.15, 0.2) is 24.3 Å². The van der Waals surface area contributed by atoms with Gasteiger partial charge in [0.05, 0.1) is 6.42 Å². The Morgan fingerprint density at radius 1 is 1.04 bits per heavy atom. The highest BCUT2D eigenvalue weighted by molar-refractivity contribution is 5.79. The van der Waals surface area contributed by atoms with Gasteiger partial charge < -0.3 is 4.90 Å². The molecule has 0 radical (unpaired) electrons. The Morgan fingerprint density at radius 2 is 1.83 bits per heavy atom. The van der Waals surface area contributed by atoms with E-state index < -0.39 is 0 Å². The van der Waals surface area contributed by atoms with Crippen LogP contribution in [0.4, 0.5) is 4.39 Å². The molecule has 1 aromatic carbocycles. The summed E-state index contributed by atoms with van der Waals surface area (Å²) in [4.78, 5) is 17.5. The Hall–Kier alpha value is -1.42. The van der Waals surface area contributed by atoms with Crippen LogP contribution in [0.5, 0.6) is 0 Å². The molecule has 3 saturated heterocycles. The molecule has 2 bridgehead atoms. The molecule has 5 rings (SSSR count). The van der Waals surface area contributed by atoms with Crippen molar-refractivity contribution in [1.29, 1.82) is 0 Å². The van der Waals surface area contributed by atoms with Crippen LogP contribution in [0.3, 0.4) is 0 Å². The molecule has 0 unspecified atom stereocenters. The second-order valence-electron chi connectivity index (χ2n) is 7.95. The Kier molecular flexibility index (Phi) is 4.57. The summed E-state index contributed by atoms with van der Waals surface area (Å²) in [5, 5.41) is 0. The average Bonchev–Trinajstić information content (AvgIpc) is 2.85. The molecule has 1 saturated carbocycles. The highest BCUT2D eigenvalue weighted by Crippen LogP contribution is 2.33. The van der Waals surface area contributed by atoms with Crippen molar-refractivity contribution in [2.45, 2.75) is 44.6 Å². The van der Waals surface area contributed by atoms with Crippen LogP contribution in [0, 0.1) is 17.7 Å². The lowest BCUT2D eigenvalue weighted by Gasteiger charge is -2.40. The standard InChI is InChI=1S/C20H27FN2O/c21-18-7-4-15(5-8-18)10-20(24)23-13-17-6-9-19(14-23)22(12-17)11-16-2-1-3-16/h4-5,7-8,16-17,19H,1-3,6,9-14H2/t17-,19-/m0/s1. The highest BCUT2D eigenvalue weighted by atomic mass is 19.1. The number of piperidine rings is 1. The number of hydrogen-bond donors (Lipinski definition) is 0. The number of fused-ring (bicyclic) bond motifs is 4. The van der Waals surface area contributed by atoms with Crippen LogP contribution in [-0.4, -0.2) is 47.9 Å². The van der Waals surface area contributed by atoms with Gasteiger partial charge in [-0.3, -0.25) is 9.69 Å². The van der Waals surface area contributed by atoms with Gasteiger partial charge in [0.25, 0.3) is 0 Å². The van der Waals surface area contributed by atoms with E-state index in [4.69, 9.17) is 0 Å². The molecule has 130 valence electrons. The molecule has 24 heavy (non-hydrogen) atoms. The fourth-order valence-corrected chi connectivity index (χ4v) is 4.50. The molecule has 2 atom stereocenters. The molecular formula is C20H27FN2O. The van der Waals surface area contributed by atoms with E-state index >= 15 is 0 Å². The van der Waals surface area contributed by atoms with Crippen LogP contribution in [0.25, 0.3) is 0 Å². The molecule has 4 aliphatic rings. The van der Waals surface area contributed by atoms with Crippen LogP contribution in [0.2, 0.25) is 0 Å². The number of halogens is 1. The first-order chi connectivity index (χ1) is 11.7. The maximum absolute atomic E-state index is 13.0. The van der Waals surface area contributed by atoms with E-state index in [2.05, 4.69) is 9.80 Å². The van der Waals surface area contributed by atoms with E-state index in [-0.39, 0.29) is 11.7 Å². The zero-order valence-corrected chi connectivity index (χ0v) is 14.3. The van der Waals surface area contributed by atoms with Crippen LogP contribution >= 0.6 is 0 Å². The normalized spacial score (nSPS) is 27.8. The predicted molar refractivity (Wildman–Crippen MR) is 92.1 cm³/mol. The van der Waals surface area contributed by atoms with Crippen LogP contribution in [0.1, 0.15) is 37.7 Å². The minimum atomic E-state index is -0.245. The summed E-state index contributed by atoms with van der Waals surface area (Å²) in [7, 11) is 0. The van der Waals surface area contributed by atoms with Crippen molar-refractivity contribution >= 4 is 5.91 Å². The molecular weight excluding hydrogens is 303 g/mol. The average molecular weight is 330 g/mol. The first-order valence-corrected chi connectivity index (χ1v) is 9.43. The quantitative estimate of drug-likeness (QED) is 0.847. The van der Waals surface area contributed by atoms with Gasteiger partial charge >= 0.3 is 0 Å². The molecule has 4 fully saturated rings. The molecule has 3 heterocycles. The minimum absolute atomic E-state index is 0.198. The first-order valence-electron chi connectivity index (χ1n) is 9.43. The first kappa shape index (κ1) is 16.1. The molecule has 1 aliphatic carbocycles. The third kappa shape index (κ3) is 3.49. The molecule has 4 heteroatoms. The molecule has 1 amide bonds. The van der Waals surface area contributed by atoms with Gasteiger partial charge in [0, 0.05) is 32.2 Å². The molecule has 3 aliphatic heterocycles. The van der Waals surface area contributed by atoms with E-state index in [0.717, 1.165) is 24.6 Å². The molecule has 0 spiro atoms. The number of rotatable bonds is 4. The molecule has 3 nitrogen and oxygen atoms in total. The zero-order chi connectivity index (χ0) is 16.5. The minimum Gasteiger partial charge on any atom is -0.341 e. The van der Waals surface area contributed by atoms with Crippen LogP contribution < -0.4 is 0 Å². The third-order valence-electron chi connectivity index (χ3n) is 6.17. The molecule has 0 N–H and O–H groups in total. The summed E-state index contributed by atoms with van der Waals surface area (Å²) >= 11 is 0. The van der Waals surface area contributed by atoms with Crippen molar-refractivity contribution in [1.82, 2.24) is 9.80 Å². The number of amides is 1. The van der Waals surface area contributed by atoms with E-state index in [0.29, 0.717) is 18.4 Å². The van der Waals surface area contributed by atoms with E-state index in [1.54, 1.807) is 12.1 Å². The monoisotopic (exact) mass is 330 g/mol. The molecule has 0 aromatic heterocycles. The Labute approximate surface area is 143 Å². The maximum Gasteiger partial charge on any atom is 0.227 e. The summed E-state index contributed by atoms with van der Waals surface area (Å²) in [5.41, 5.74) is 0.907. The van der Waals surface area contributed by atoms with Gasteiger partial charge in [-0.2, -0.15) is 0 Å². The van der Waals surface area contributed by atoms with Gasteiger partial charge in [-0.15, -0.1) is 0 Å². The highest BCUT2D eigenvalue weighted by Gasteiger charge is 2.37. The molecule has 1 aromatic rings. The van der Waals surface area contributed by atoms with Crippen molar-refractivity contribution in [3.05, 3.63) is 35.6 Å². The van der Waals surface area contributed by atoms with E-state index in [9.17, 15) is 9.18 Å². The van der Waals surface area contributed by atoms with Gasteiger partial charge in [0.15, 0.2) is 0 Å². The van der Waals surface area contributed by atoms with Crippen molar-refractivity contribution in [3.8, 4) is 0 Å². The fourth-order valence-electron chi connectivity index (χ4n) is 4.50. The summed E-state index contributed by atoms with van der Waals surface area (Å²) in [6, 6.07) is 6.87. The summed E-state index contributed by atoms with van der Waals surface area (Å²) in [6.45, 7) is 4.18. The van der Waals surface area contributed by atoms with Gasteiger partial charge in [-0.25, -0.2) is 4.39 Å². The number of carbonyl (C=O) groups excluding carboxylic acids is 1. The lowest BCUT2D eigenvalue weighted by Crippen LogP contribution is -2.47. The lowest BCUT2D eigenvalue weighted by molar-refractivity contribution is -0.130. The largest absolute Gasteiger partial charge is 0.341 e. The zero-order valence-electron chi connectivity index (χ0n) is 14.3. The van der Waals surface area contributed by atoms with Gasteiger partial charge in [0.2, 0.25) is 5.91 Å². The number of nitrogens with zero attached hydrogens (tertiary/aromatic N) is 2. The fraction of sp³-hybridized carbons (Fsp3) is 0.650. The summed E-state index contributed by atoms with van der Waals surface area (Å²) in [5.74, 6) is 1.48. The van der Waals surface area contributed by atoms with Crippen molar-refractivity contribution in [2.75, 3.05) is 26.2 Å². The third-order valence-corrected chi connectivity index (χ3v) is 6.17.